The molecule has 1 aromatic carbocycles. The number of nitrogens with two attached hydrogens (primary N) is 1. The van der Waals surface area contributed by atoms with E-state index in [0.29, 0.717) is 23.6 Å². The quantitative estimate of drug-likeness (QED) is 0.602. The highest BCUT2D eigenvalue weighted by molar-refractivity contribution is 5.93. The van der Waals surface area contributed by atoms with Crippen LogP contribution in [0.5, 0.6) is 5.75 Å². The summed E-state index contributed by atoms with van der Waals surface area (Å²) >= 11 is 0. The van der Waals surface area contributed by atoms with Crippen molar-refractivity contribution in [3.63, 3.8) is 0 Å². The molecule has 0 saturated heterocycles. The molecule has 0 heterocycles. The summed E-state index contributed by atoms with van der Waals surface area (Å²) in [6.07, 6.45) is 0. The summed E-state index contributed by atoms with van der Waals surface area (Å²) < 4.78 is 10.4. The molecule has 1 aromatic rings. The smallest absolute Gasteiger partial charge is 0.341 e. The molecule has 0 fully saturated rings. The maximum atomic E-state index is 11.6. The first kappa shape index (κ1) is 15.3. The molecule has 5 heteroatoms. The monoisotopic (exact) mass is 266 g/mol. The average molecular weight is 266 g/mol. The summed E-state index contributed by atoms with van der Waals surface area (Å²) in [6, 6.07) is 4.97. The molecule has 0 spiro atoms. The fraction of sp³-hybridized carbons (Fsp3) is 0.500. The van der Waals surface area contributed by atoms with Crippen LogP contribution in [0.15, 0.2) is 18.2 Å². The molecule has 0 radical (unpaired) electrons. The van der Waals surface area contributed by atoms with E-state index in [2.05, 4.69) is 18.7 Å². The Morgan fingerprint density at radius 3 is 2.58 bits per heavy atom. The lowest BCUT2D eigenvalue weighted by atomic mass is 10.2. The lowest BCUT2D eigenvalue weighted by molar-refractivity contribution is 0.0595. The molecule has 0 bridgehead atoms. The SMILES string of the molecule is CCN(CC)CCOc1ccc(N)cc1C(=O)OC. The van der Waals surface area contributed by atoms with Crippen LogP contribution in [0.1, 0.15) is 24.2 Å². The maximum Gasteiger partial charge on any atom is 0.341 e. The minimum Gasteiger partial charge on any atom is -0.491 e. The number of benzene rings is 1. The number of hydrogen-bond acceptors (Lipinski definition) is 5. The van der Waals surface area contributed by atoms with E-state index in [1.54, 1.807) is 18.2 Å². The topological polar surface area (TPSA) is 64.8 Å². The van der Waals surface area contributed by atoms with Gasteiger partial charge in [0, 0.05) is 12.2 Å². The second-order valence-electron chi connectivity index (χ2n) is 4.12. The van der Waals surface area contributed by atoms with Crippen LogP contribution in [0.2, 0.25) is 0 Å². The number of nitrogens with zero attached hydrogens (tertiary/aromatic N) is 1. The summed E-state index contributed by atoms with van der Waals surface area (Å²) in [5, 5.41) is 0. The Morgan fingerprint density at radius 1 is 1.32 bits per heavy atom. The van der Waals surface area contributed by atoms with Crippen molar-refractivity contribution in [3.05, 3.63) is 23.8 Å². The van der Waals surface area contributed by atoms with Crippen LogP contribution in [0.3, 0.4) is 0 Å². The first-order chi connectivity index (χ1) is 9.12. The van der Waals surface area contributed by atoms with Gasteiger partial charge in [0.15, 0.2) is 0 Å². The largest absolute Gasteiger partial charge is 0.491 e. The Morgan fingerprint density at radius 2 is 2.00 bits per heavy atom. The van der Waals surface area contributed by atoms with Crippen molar-refractivity contribution in [2.75, 3.05) is 39.1 Å². The van der Waals surface area contributed by atoms with Gasteiger partial charge in [-0.25, -0.2) is 4.79 Å². The second-order valence-corrected chi connectivity index (χ2v) is 4.12. The molecule has 1 rings (SSSR count). The zero-order valence-corrected chi connectivity index (χ0v) is 11.8. The predicted octanol–water partition coefficient (Wildman–Crippen LogP) is 1.78. The van der Waals surface area contributed by atoms with E-state index in [1.807, 2.05) is 0 Å². The van der Waals surface area contributed by atoms with Crippen molar-refractivity contribution >= 4 is 11.7 Å². The van der Waals surface area contributed by atoms with Crippen molar-refractivity contribution in [1.29, 1.82) is 0 Å². The summed E-state index contributed by atoms with van der Waals surface area (Å²) in [6.45, 7) is 7.50. The summed E-state index contributed by atoms with van der Waals surface area (Å²) in [4.78, 5) is 13.9. The first-order valence-corrected chi connectivity index (χ1v) is 6.45. The Hall–Kier alpha value is -1.75. The molecular weight excluding hydrogens is 244 g/mol. The molecule has 19 heavy (non-hydrogen) atoms. The molecule has 0 aliphatic carbocycles. The minimum atomic E-state index is -0.440. The molecule has 0 atom stereocenters. The third kappa shape index (κ3) is 4.44. The molecule has 5 nitrogen and oxygen atoms in total. The highest BCUT2D eigenvalue weighted by Crippen LogP contribution is 2.22. The number of carbonyl (C=O) groups is 1. The van der Waals surface area contributed by atoms with Crippen molar-refractivity contribution < 1.29 is 14.3 Å². The van der Waals surface area contributed by atoms with Crippen LogP contribution in [-0.4, -0.2) is 44.2 Å². The van der Waals surface area contributed by atoms with Gasteiger partial charge < -0.3 is 20.1 Å². The van der Waals surface area contributed by atoms with Crippen molar-refractivity contribution in [2.24, 2.45) is 0 Å². The molecule has 0 aliphatic rings. The van der Waals surface area contributed by atoms with Gasteiger partial charge in [0.2, 0.25) is 0 Å². The Bertz CT molecular complexity index is 417. The highest BCUT2D eigenvalue weighted by Gasteiger charge is 2.13. The van der Waals surface area contributed by atoms with E-state index in [-0.39, 0.29) is 0 Å². The standard InChI is InChI=1S/C14H22N2O3/c1-4-16(5-2)8-9-19-13-7-6-11(15)10-12(13)14(17)18-3/h6-7,10H,4-5,8-9,15H2,1-3H3. The summed E-state index contributed by atoms with van der Waals surface area (Å²) in [5.41, 5.74) is 6.54. The highest BCUT2D eigenvalue weighted by atomic mass is 16.5. The number of carbonyl (C=O) groups excluding carboxylic acids is 1. The van der Waals surface area contributed by atoms with Crippen molar-refractivity contribution in [3.8, 4) is 5.75 Å². The summed E-state index contributed by atoms with van der Waals surface area (Å²) in [5.74, 6) is 0.0679. The Balaban J connectivity index is 2.69. The molecule has 2 N–H and O–H groups in total. The van der Waals surface area contributed by atoms with Gasteiger partial charge in [-0.2, -0.15) is 0 Å². The summed E-state index contributed by atoms with van der Waals surface area (Å²) in [7, 11) is 1.34. The number of rotatable bonds is 7. The van der Waals surface area contributed by atoms with E-state index in [0.717, 1.165) is 19.6 Å². The van der Waals surface area contributed by atoms with Gasteiger partial charge in [0.1, 0.15) is 17.9 Å². The van der Waals surface area contributed by atoms with E-state index >= 15 is 0 Å². The van der Waals surface area contributed by atoms with E-state index in [1.165, 1.54) is 7.11 Å². The predicted molar refractivity (Wildman–Crippen MR) is 75.5 cm³/mol. The van der Waals surface area contributed by atoms with E-state index in [4.69, 9.17) is 15.2 Å². The van der Waals surface area contributed by atoms with Crippen molar-refractivity contribution in [1.82, 2.24) is 4.90 Å². The second kappa shape index (κ2) is 7.63. The number of methoxy groups -OCH3 is 1. The molecule has 0 aliphatic heterocycles. The number of esters is 1. The van der Waals surface area contributed by atoms with Crippen LogP contribution in [0.25, 0.3) is 0 Å². The van der Waals surface area contributed by atoms with Gasteiger partial charge in [-0.1, -0.05) is 13.8 Å². The normalized spacial score (nSPS) is 10.5. The van der Waals surface area contributed by atoms with E-state index < -0.39 is 5.97 Å². The average Bonchev–Trinajstić information content (AvgIpc) is 2.44. The van der Waals surface area contributed by atoms with Crippen LogP contribution in [-0.2, 0) is 4.74 Å². The number of ether oxygens (including phenoxy) is 2. The first-order valence-electron chi connectivity index (χ1n) is 6.45. The molecule has 0 aromatic heterocycles. The fourth-order valence-corrected chi connectivity index (χ4v) is 1.77. The third-order valence-corrected chi connectivity index (χ3v) is 2.97. The van der Waals surface area contributed by atoms with Gasteiger partial charge >= 0.3 is 5.97 Å². The van der Waals surface area contributed by atoms with Gasteiger partial charge in [-0.05, 0) is 31.3 Å². The van der Waals surface area contributed by atoms with Crippen LogP contribution in [0, 0.1) is 0 Å². The third-order valence-electron chi connectivity index (χ3n) is 2.97. The molecule has 106 valence electrons. The van der Waals surface area contributed by atoms with Crippen LogP contribution < -0.4 is 10.5 Å². The van der Waals surface area contributed by atoms with Gasteiger partial charge in [-0.3, -0.25) is 0 Å². The molecule has 0 amide bonds. The van der Waals surface area contributed by atoms with Crippen LogP contribution >= 0.6 is 0 Å². The van der Waals surface area contributed by atoms with Gasteiger partial charge in [0.05, 0.1) is 7.11 Å². The van der Waals surface area contributed by atoms with Gasteiger partial charge in [0.25, 0.3) is 0 Å². The zero-order chi connectivity index (χ0) is 14.3. The minimum absolute atomic E-state index is 0.363. The van der Waals surface area contributed by atoms with Gasteiger partial charge in [-0.15, -0.1) is 0 Å². The lowest BCUT2D eigenvalue weighted by Crippen LogP contribution is -2.28. The van der Waals surface area contributed by atoms with Crippen molar-refractivity contribution in [2.45, 2.75) is 13.8 Å². The fourth-order valence-electron chi connectivity index (χ4n) is 1.77. The zero-order valence-electron chi connectivity index (χ0n) is 11.8. The maximum absolute atomic E-state index is 11.6. The van der Waals surface area contributed by atoms with E-state index in [9.17, 15) is 4.79 Å². The Labute approximate surface area is 114 Å². The molecule has 0 saturated carbocycles. The number of nitrogen functional groups attached to an aromatic ring is 1. The molecular formula is C14H22N2O3. The number of hydrogen-bond donors (Lipinski definition) is 1. The number of likely N-dealkylation sites (N-methyl/N-ethyl adjacent to an activating group) is 1. The number of anilines is 1. The van der Waals surface area contributed by atoms with Crippen LogP contribution in [0.4, 0.5) is 5.69 Å². The lowest BCUT2D eigenvalue weighted by Gasteiger charge is -2.18. The molecule has 0 unspecified atom stereocenters. The Kier molecular flexibility index (Phi) is 6.15.